The van der Waals surface area contributed by atoms with Crippen molar-refractivity contribution in [3.8, 4) is 17.2 Å². The summed E-state index contributed by atoms with van der Waals surface area (Å²) in [6.45, 7) is 1.63. The van der Waals surface area contributed by atoms with E-state index in [1.54, 1.807) is 25.1 Å². The van der Waals surface area contributed by atoms with Gasteiger partial charge in [-0.1, -0.05) is 6.07 Å². The minimum Gasteiger partial charge on any atom is -0.497 e. The maximum atomic E-state index is 13.1. The molecule has 0 fully saturated rings. The van der Waals surface area contributed by atoms with Crippen LogP contribution < -0.4 is 20.3 Å². The molecule has 1 heterocycles. The van der Waals surface area contributed by atoms with Crippen LogP contribution in [0.2, 0.25) is 0 Å². The van der Waals surface area contributed by atoms with E-state index in [9.17, 15) is 22.8 Å². The number of carbonyl (C=O) groups excluding carboxylic acids is 1. The number of pyridine rings is 1. The van der Waals surface area contributed by atoms with Crippen LogP contribution in [0.1, 0.15) is 27.2 Å². The van der Waals surface area contributed by atoms with Crippen molar-refractivity contribution in [2.24, 2.45) is 0 Å². The third-order valence-corrected chi connectivity index (χ3v) is 4.88. The normalized spacial score (nSPS) is 11.2. The molecule has 1 N–H and O–H groups in total. The summed E-state index contributed by atoms with van der Waals surface area (Å²) in [5, 5.41) is 2.65. The lowest BCUT2D eigenvalue weighted by Gasteiger charge is -2.15. The van der Waals surface area contributed by atoms with E-state index in [2.05, 4.69) is 5.32 Å². The lowest BCUT2D eigenvalue weighted by Crippen LogP contribution is -2.33. The minimum atomic E-state index is -4.56. The van der Waals surface area contributed by atoms with Crippen LogP contribution >= 0.6 is 0 Å². The fraction of sp³-hybridized carbons (Fsp3) is 0.217. The van der Waals surface area contributed by atoms with E-state index in [4.69, 9.17) is 9.47 Å². The van der Waals surface area contributed by atoms with Crippen molar-refractivity contribution in [3.63, 3.8) is 0 Å². The van der Waals surface area contributed by atoms with Gasteiger partial charge >= 0.3 is 6.18 Å². The Morgan fingerprint density at radius 2 is 1.78 bits per heavy atom. The summed E-state index contributed by atoms with van der Waals surface area (Å²) in [6, 6.07) is 12.3. The number of alkyl halides is 3. The summed E-state index contributed by atoms with van der Waals surface area (Å²) in [5.74, 6) is 0.425. The predicted octanol–water partition coefficient (Wildman–Crippen LogP) is 4.11. The maximum Gasteiger partial charge on any atom is 0.416 e. The standard InChI is InChI=1S/C23H21F3N2O4/c1-14-7-9-19(21(29)27-13-15-11-18(31-2)8-10-20(15)32-3)22(30)28(14)17-6-4-5-16(12-17)23(24,25)26/h4-12H,13H2,1-3H3,(H,27,29). The van der Waals surface area contributed by atoms with Crippen LogP contribution in [0.4, 0.5) is 13.2 Å². The number of carbonyl (C=O) groups is 1. The van der Waals surface area contributed by atoms with E-state index >= 15 is 0 Å². The maximum absolute atomic E-state index is 13.1. The number of nitrogens with one attached hydrogen (secondary N) is 1. The Hall–Kier alpha value is -3.75. The van der Waals surface area contributed by atoms with Gasteiger partial charge < -0.3 is 14.8 Å². The zero-order chi connectivity index (χ0) is 23.5. The number of rotatable bonds is 6. The lowest BCUT2D eigenvalue weighted by atomic mass is 10.1. The number of methoxy groups -OCH3 is 2. The van der Waals surface area contributed by atoms with Gasteiger partial charge in [-0.2, -0.15) is 13.2 Å². The second-order valence-electron chi connectivity index (χ2n) is 6.94. The van der Waals surface area contributed by atoms with Gasteiger partial charge in [-0.15, -0.1) is 0 Å². The Morgan fingerprint density at radius 3 is 2.44 bits per heavy atom. The van der Waals surface area contributed by atoms with Gasteiger partial charge in [0.15, 0.2) is 0 Å². The number of aryl methyl sites for hydroxylation is 1. The fourth-order valence-corrected chi connectivity index (χ4v) is 3.24. The Balaban J connectivity index is 1.93. The summed E-state index contributed by atoms with van der Waals surface area (Å²) in [4.78, 5) is 25.7. The number of ether oxygens (including phenoxy) is 2. The van der Waals surface area contributed by atoms with Crippen molar-refractivity contribution < 1.29 is 27.4 Å². The first-order valence-corrected chi connectivity index (χ1v) is 9.55. The van der Waals surface area contributed by atoms with Crippen molar-refractivity contribution in [2.45, 2.75) is 19.6 Å². The number of amides is 1. The minimum absolute atomic E-state index is 0.0199. The molecule has 0 saturated carbocycles. The second kappa shape index (κ2) is 9.17. The second-order valence-corrected chi connectivity index (χ2v) is 6.94. The Kier molecular flexibility index (Phi) is 6.57. The highest BCUT2D eigenvalue weighted by molar-refractivity contribution is 5.93. The van der Waals surface area contributed by atoms with Gasteiger partial charge in [-0.25, -0.2) is 0 Å². The number of hydrogen-bond acceptors (Lipinski definition) is 4. The first-order valence-electron chi connectivity index (χ1n) is 9.55. The molecule has 32 heavy (non-hydrogen) atoms. The van der Waals surface area contributed by atoms with Crippen LogP contribution in [0.15, 0.2) is 59.4 Å². The molecule has 0 unspecified atom stereocenters. The molecule has 3 aromatic rings. The van der Waals surface area contributed by atoms with Crippen molar-refractivity contribution in [2.75, 3.05) is 14.2 Å². The quantitative estimate of drug-likeness (QED) is 0.619. The van der Waals surface area contributed by atoms with Crippen molar-refractivity contribution >= 4 is 5.91 Å². The highest BCUT2D eigenvalue weighted by Gasteiger charge is 2.30. The van der Waals surface area contributed by atoms with Gasteiger partial charge in [0.1, 0.15) is 17.1 Å². The molecule has 1 amide bonds. The van der Waals surface area contributed by atoms with Gasteiger partial charge in [0.2, 0.25) is 0 Å². The molecule has 9 heteroatoms. The number of aromatic nitrogens is 1. The molecule has 0 aliphatic carbocycles. The smallest absolute Gasteiger partial charge is 0.416 e. The lowest BCUT2D eigenvalue weighted by molar-refractivity contribution is -0.137. The predicted molar refractivity (Wildman–Crippen MR) is 112 cm³/mol. The highest BCUT2D eigenvalue weighted by Crippen LogP contribution is 2.30. The number of benzene rings is 2. The van der Waals surface area contributed by atoms with Crippen LogP contribution in [0, 0.1) is 6.92 Å². The van der Waals surface area contributed by atoms with Crippen LogP contribution in [0.3, 0.4) is 0 Å². The first kappa shape index (κ1) is 22.9. The molecule has 0 aliphatic heterocycles. The van der Waals surface area contributed by atoms with Crippen molar-refractivity contribution in [1.29, 1.82) is 0 Å². The third-order valence-electron chi connectivity index (χ3n) is 4.88. The number of hydrogen-bond donors (Lipinski definition) is 1. The molecule has 0 atom stereocenters. The average molecular weight is 446 g/mol. The first-order chi connectivity index (χ1) is 15.2. The molecule has 0 aliphatic rings. The molecule has 6 nitrogen and oxygen atoms in total. The van der Waals surface area contributed by atoms with Crippen LogP contribution in [0.25, 0.3) is 5.69 Å². The molecule has 168 valence electrons. The van der Waals surface area contributed by atoms with Crippen LogP contribution in [0.5, 0.6) is 11.5 Å². The Labute approximate surface area is 182 Å². The number of nitrogens with zero attached hydrogens (tertiary/aromatic N) is 1. The fourth-order valence-electron chi connectivity index (χ4n) is 3.24. The third kappa shape index (κ3) is 4.77. The monoisotopic (exact) mass is 446 g/mol. The van der Waals surface area contributed by atoms with Crippen molar-refractivity contribution in [3.05, 3.63) is 87.3 Å². The highest BCUT2D eigenvalue weighted by atomic mass is 19.4. The Bertz CT molecular complexity index is 1200. The van der Waals surface area contributed by atoms with Gasteiger partial charge in [0.05, 0.1) is 19.8 Å². The van der Waals surface area contributed by atoms with Crippen LogP contribution in [-0.4, -0.2) is 24.7 Å². The van der Waals surface area contributed by atoms with Gasteiger partial charge in [0, 0.05) is 23.5 Å². The topological polar surface area (TPSA) is 69.6 Å². The molecular weight excluding hydrogens is 425 g/mol. The van der Waals surface area contributed by atoms with E-state index in [-0.39, 0.29) is 17.8 Å². The van der Waals surface area contributed by atoms with E-state index in [1.807, 2.05) is 0 Å². The Morgan fingerprint density at radius 1 is 1.03 bits per heavy atom. The summed E-state index contributed by atoms with van der Waals surface area (Å²) in [7, 11) is 2.99. The van der Waals surface area contributed by atoms with E-state index in [1.165, 1.54) is 38.5 Å². The van der Waals surface area contributed by atoms with E-state index in [0.29, 0.717) is 22.8 Å². The molecule has 1 aromatic heterocycles. The van der Waals surface area contributed by atoms with Gasteiger partial charge in [-0.05, 0) is 55.5 Å². The molecule has 0 bridgehead atoms. The molecule has 3 rings (SSSR count). The summed E-state index contributed by atoms with van der Waals surface area (Å²) >= 11 is 0. The average Bonchev–Trinajstić information content (AvgIpc) is 2.77. The molecule has 2 aromatic carbocycles. The largest absolute Gasteiger partial charge is 0.497 e. The van der Waals surface area contributed by atoms with Gasteiger partial charge in [0.25, 0.3) is 11.5 Å². The van der Waals surface area contributed by atoms with E-state index < -0.39 is 23.2 Å². The number of halogens is 3. The summed E-state index contributed by atoms with van der Waals surface area (Å²) in [5.41, 5.74) is -0.770. The molecule has 0 radical (unpaired) electrons. The zero-order valence-electron chi connectivity index (χ0n) is 17.6. The summed E-state index contributed by atoms with van der Waals surface area (Å²) in [6.07, 6.45) is -4.56. The van der Waals surface area contributed by atoms with E-state index in [0.717, 1.165) is 16.7 Å². The molecule has 0 spiro atoms. The van der Waals surface area contributed by atoms with Crippen molar-refractivity contribution in [1.82, 2.24) is 9.88 Å². The molecule has 0 saturated heterocycles. The van der Waals surface area contributed by atoms with Crippen LogP contribution in [-0.2, 0) is 12.7 Å². The SMILES string of the molecule is COc1ccc(OC)c(CNC(=O)c2ccc(C)n(-c3cccc(C(F)(F)F)c3)c2=O)c1. The molecular formula is C23H21F3N2O4. The summed E-state index contributed by atoms with van der Waals surface area (Å²) < 4.78 is 50.8. The van der Waals surface area contributed by atoms with Gasteiger partial charge in [-0.3, -0.25) is 14.2 Å². The zero-order valence-corrected chi connectivity index (χ0v) is 17.6.